The molecule has 4 unspecified atom stereocenters. The van der Waals surface area contributed by atoms with Gasteiger partial charge in [-0.25, -0.2) is 0 Å². The second-order valence-corrected chi connectivity index (χ2v) is 6.64. The van der Waals surface area contributed by atoms with Crippen molar-refractivity contribution in [3.8, 4) is 0 Å². The van der Waals surface area contributed by atoms with Gasteiger partial charge < -0.3 is 15.7 Å². The van der Waals surface area contributed by atoms with Gasteiger partial charge in [0.25, 0.3) is 0 Å². The van der Waals surface area contributed by atoms with Crippen molar-refractivity contribution in [2.75, 3.05) is 6.54 Å². The van der Waals surface area contributed by atoms with Crippen LogP contribution < -0.4 is 5.73 Å². The third-order valence-corrected chi connectivity index (χ3v) is 5.49. The van der Waals surface area contributed by atoms with Gasteiger partial charge >= 0.3 is 0 Å². The van der Waals surface area contributed by atoms with E-state index >= 15 is 0 Å². The maximum atomic E-state index is 12.9. The van der Waals surface area contributed by atoms with Crippen LogP contribution in [0.3, 0.4) is 0 Å². The molecule has 0 aromatic rings. The van der Waals surface area contributed by atoms with Crippen molar-refractivity contribution < 1.29 is 9.90 Å². The second kappa shape index (κ2) is 5.41. The molecule has 19 heavy (non-hydrogen) atoms. The van der Waals surface area contributed by atoms with E-state index in [9.17, 15) is 9.90 Å². The summed E-state index contributed by atoms with van der Waals surface area (Å²) in [6.07, 6.45) is 8.03. The fourth-order valence-electron chi connectivity index (χ4n) is 4.51. The van der Waals surface area contributed by atoms with Crippen molar-refractivity contribution in [3.63, 3.8) is 0 Å². The van der Waals surface area contributed by atoms with Crippen molar-refractivity contribution in [2.45, 2.75) is 69.6 Å². The predicted octanol–water partition coefficient (Wildman–Crippen LogP) is 1.27. The van der Waals surface area contributed by atoms with Gasteiger partial charge in [0.15, 0.2) is 0 Å². The van der Waals surface area contributed by atoms with Gasteiger partial charge in [-0.2, -0.15) is 0 Å². The molecular weight excluding hydrogens is 240 g/mol. The van der Waals surface area contributed by atoms with Gasteiger partial charge in [-0.15, -0.1) is 0 Å². The number of piperidine rings is 1. The van der Waals surface area contributed by atoms with Crippen LogP contribution in [0.5, 0.6) is 0 Å². The highest BCUT2D eigenvalue weighted by Gasteiger charge is 2.45. The van der Waals surface area contributed by atoms with E-state index in [1.54, 1.807) is 0 Å². The first-order valence-electron chi connectivity index (χ1n) is 7.91. The predicted molar refractivity (Wildman–Crippen MR) is 73.4 cm³/mol. The van der Waals surface area contributed by atoms with E-state index in [1.165, 1.54) is 12.8 Å². The zero-order valence-corrected chi connectivity index (χ0v) is 11.6. The van der Waals surface area contributed by atoms with Crippen molar-refractivity contribution in [2.24, 2.45) is 17.6 Å². The summed E-state index contributed by atoms with van der Waals surface area (Å²) < 4.78 is 0. The van der Waals surface area contributed by atoms with E-state index in [-0.39, 0.29) is 12.0 Å². The van der Waals surface area contributed by atoms with Crippen LogP contribution in [0.15, 0.2) is 0 Å². The fourth-order valence-corrected chi connectivity index (χ4v) is 4.51. The van der Waals surface area contributed by atoms with Crippen LogP contribution in [0.25, 0.3) is 0 Å². The normalized spacial score (nSPS) is 42.4. The van der Waals surface area contributed by atoms with Crippen LogP contribution in [0.4, 0.5) is 0 Å². The molecule has 0 aromatic heterocycles. The summed E-state index contributed by atoms with van der Waals surface area (Å²) in [4.78, 5) is 15.0. The molecule has 1 saturated carbocycles. The maximum absolute atomic E-state index is 12.9. The summed E-state index contributed by atoms with van der Waals surface area (Å²) in [5.74, 6) is 0.874. The molecule has 0 aromatic carbocycles. The van der Waals surface area contributed by atoms with Gasteiger partial charge in [-0.1, -0.05) is 12.8 Å². The molecule has 1 amide bonds. The molecule has 2 aliphatic heterocycles. The largest absolute Gasteiger partial charge is 0.393 e. The number of rotatable bonds is 2. The van der Waals surface area contributed by atoms with Gasteiger partial charge in [-0.05, 0) is 51.0 Å². The molecule has 3 N–H and O–H groups in total. The SMILES string of the molecule is NCC1CCCCC1C(=O)N1C2CCC1CC(O)C2. The number of aliphatic hydroxyl groups is 1. The molecule has 0 radical (unpaired) electrons. The van der Waals surface area contributed by atoms with Crippen LogP contribution >= 0.6 is 0 Å². The number of aliphatic hydroxyl groups excluding tert-OH is 1. The molecule has 4 heteroatoms. The average molecular weight is 266 g/mol. The molecule has 3 aliphatic rings. The third-order valence-electron chi connectivity index (χ3n) is 5.49. The Balaban J connectivity index is 1.73. The molecule has 3 fully saturated rings. The van der Waals surface area contributed by atoms with Gasteiger partial charge in [-0.3, -0.25) is 4.79 Å². The summed E-state index contributed by atoms with van der Waals surface area (Å²) in [5, 5.41) is 9.84. The summed E-state index contributed by atoms with van der Waals surface area (Å²) >= 11 is 0. The monoisotopic (exact) mass is 266 g/mol. The molecule has 0 spiro atoms. The minimum absolute atomic E-state index is 0.150. The average Bonchev–Trinajstić information content (AvgIpc) is 2.70. The van der Waals surface area contributed by atoms with Gasteiger partial charge in [0.05, 0.1) is 6.10 Å². The van der Waals surface area contributed by atoms with Crippen LogP contribution in [-0.4, -0.2) is 40.6 Å². The minimum Gasteiger partial charge on any atom is -0.393 e. The summed E-state index contributed by atoms with van der Waals surface area (Å²) in [6, 6.07) is 0.586. The Morgan fingerprint density at radius 3 is 2.37 bits per heavy atom. The van der Waals surface area contributed by atoms with Crippen molar-refractivity contribution >= 4 is 5.91 Å². The van der Waals surface area contributed by atoms with E-state index in [0.717, 1.165) is 38.5 Å². The first-order valence-corrected chi connectivity index (χ1v) is 7.91. The maximum Gasteiger partial charge on any atom is 0.226 e. The molecule has 4 nitrogen and oxygen atoms in total. The Kier molecular flexibility index (Phi) is 3.81. The Hall–Kier alpha value is -0.610. The van der Waals surface area contributed by atoms with Gasteiger partial charge in [0, 0.05) is 18.0 Å². The first kappa shape index (κ1) is 13.4. The van der Waals surface area contributed by atoms with E-state index < -0.39 is 0 Å². The zero-order chi connectivity index (χ0) is 13.4. The lowest BCUT2D eigenvalue weighted by atomic mass is 9.78. The molecule has 3 rings (SSSR count). The summed E-state index contributed by atoms with van der Waals surface area (Å²) in [6.45, 7) is 0.641. The molecule has 2 saturated heterocycles. The van der Waals surface area contributed by atoms with E-state index in [4.69, 9.17) is 5.73 Å². The highest BCUT2D eigenvalue weighted by Crippen LogP contribution is 2.39. The van der Waals surface area contributed by atoms with Crippen molar-refractivity contribution in [1.29, 1.82) is 0 Å². The Morgan fingerprint density at radius 2 is 1.74 bits per heavy atom. The number of hydrogen-bond acceptors (Lipinski definition) is 3. The number of nitrogens with two attached hydrogens (primary N) is 1. The molecule has 1 aliphatic carbocycles. The number of carbonyl (C=O) groups excluding carboxylic acids is 1. The van der Waals surface area contributed by atoms with E-state index in [0.29, 0.717) is 30.5 Å². The number of nitrogens with zero attached hydrogens (tertiary/aromatic N) is 1. The molecule has 4 atom stereocenters. The second-order valence-electron chi connectivity index (χ2n) is 6.64. The fraction of sp³-hybridized carbons (Fsp3) is 0.933. The van der Waals surface area contributed by atoms with Crippen LogP contribution in [0.2, 0.25) is 0 Å². The van der Waals surface area contributed by atoms with Gasteiger partial charge in [0.1, 0.15) is 0 Å². The van der Waals surface area contributed by atoms with Gasteiger partial charge in [0.2, 0.25) is 5.91 Å². The lowest BCUT2D eigenvalue weighted by Crippen LogP contribution is -2.52. The topological polar surface area (TPSA) is 66.6 Å². The summed E-state index contributed by atoms with van der Waals surface area (Å²) in [5.41, 5.74) is 5.86. The smallest absolute Gasteiger partial charge is 0.226 e. The van der Waals surface area contributed by atoms with Crippen molar-refractivity contribution in [3.05, 3.63) is 0 Å². The quantitative estimate of drug-likeness (QED) is 0.791. The number of hydrogen-bond donors (Lipinski definition) is 2. The van der Waals surface area contributed by atoms with E-state index in [2.05, 4.69) is 4.90 Å². The zero-order valence-electron chi connectivity index (χ0n) is 11.6. The van der Waals surface area contributed by atoms with E-state index in [1.807, 2.05) is 0 Å². The molecule has 108 valence electrons. The van der Waals surface area contributed by atoms with Crippen LogP contribution in [0, 0.1) is 11.8 Å². The standard InChI is InChI=1S/C15H26N2O2/c16-9-10-3-1-2-4-14(10)15(19)17-11-5-6-12(17)8-13(18)7-11/h10-14,18H,1-9,16H2. The van der Waals surface area contributed by atoms with Crippen molar-refractivity contribution in [1.82, 2.24) is 4.90 Å². The molecule has 2 heterocycles. The summed E-state index contributed by atoms with van der Waals surface area (Å²) in [7, 11) is 0. The lowest BCUT2D eigenvalue weighted by molar-refractivity contribution is -0.144. The van der Waals surface area contributed by atoms with Crippen LogP contribution in [0.1, 0.15) is 51.4 Å². The third kappa shape index (κ3) is 2.40. The highest BCUT2D eigenvalue weighted by atomic mass is 16.3. The number of carbonyl (C=O) groups is 1. The Bertz CT molecular complexity index is 333. The first-order chi connectivity index (χ1) is 9.20. The Morgan fingerprint density at radius 1 is 1.11 bits per heavy atom. The highest BCUT2D eigenvalue weighted by molar-refractivity contribution is 5.80. The number of fused-ring (bicyclic) bond motifs is 2. The molecular formula is C15H26N2O2. The minimum atomic E-state index is -0.196. The van der Waals surface area contributed by atoms with Crippen LogP contribution in [-0.2, 0) is 4.79 Å². The number of amides is 1. The lowest BCUT2D eigenvalue weighted by Gasteiger charge is -2.41. The Labute approximate surface area is 115 Å². The molecule has 2 bridgehead atoms.